The number of anilines is 1. The lowest BCUT2D eigenvalue weighted by molar-refractivity contribution is -0.114. The maximum atomic E-state index is 12.4. The third-order valence-electron chi connectivity index (χ3n) is 3.45. The van der Waals surface area contributed by atoms with Crippen molar-refractivity contribution < 1.29 is 19.1 Å². The van der Waals surface area contributed by atoms with Crippen LogP contribution in [0.1, 0.15) is 22.8 Å². The molecule has 138 valence electrons. The highest BCUT2D eigenvalue weighted by Gasteiger charge is 2.11. The first-order chi connectivity index (χ1) is 12.9. The van der Waals surface area contributed by atoms with Gasteiger partial charge in [-0.3, -0.25) is 9.59 Å². The number of nitrogens with one attached hydrogen (secondary N) is 1. The number of methoxy groups -OCH3 is 1. The molecule has 0 fully saturated rings. The molecule has 0 atom stereocenters. The van der Waals surface area contributed by atoms with Gasteiger partial charge in [-0.05, 0) is 35.9 Å². The molecule has 0 spiro atoms. The summed E-state index contributed by atoms with van der Waals surface area (Å²) < 4.78 is 10.7. The van der Waals surface area contributed by atoms with Crippen molar-refractivity contribution in [2.75, 3.05) is 19.0 Å². The molecular formula is C21H18ClNO4. The van der Waals surface area contributed by atoms with Crippen LogP contribution in [0.25, 0.3) is 6.08 Å². The lowest BCUT2D eigenvalue weighted by Gasteiger charge is -2.11. The average molecular weight is 384 g/mol. The smallest absolute Gasteiger partial charge is 0.221 e. The summed E-state index contributed by atoms with van der Waals surface area (Å²) >= 11 is 6.22. The lowest BCUT2D eigenvalue weighted by Crippen LogP contribution is -2.06. The van der Waals surface area contributed by atoms with Crippen LogP contribution in [0, 0.1) is 12.3 Å². The van der Waals surface area contributed by atoms with Crippen LogP contribution in [0.2, 0.25) is 5.02 Å². The molecule has 2 aromatic carbocycles. The van der Waals surface area contributed by atoms with E-state index in [0.29, 0.717) is 33.3 Å². The van der Waals surface area contributed by atoms with Crippen molar-refractivity contribution in [3.63, 3.8) is 0 Å². The van der Waals surface area contributed by atoms with Crippen molar-refractivity contribution in [3.8, 4) is 23.8 Å². The van der Waals surface area contributed by atoms with Crippen LogP contribution < -0.4 is 14.8 Å². The Hall–Kier alpha value is -3.23. The molecule has 0 saturated carbocycles. The number of amides is 1. The van der Waals surface area contributed by atoms with E-state index in [1.165, 1.54) is 20.1 Å². The number of carbonyl (C=O) groups is 2. The van der Waals surface area contributed by atoms with Crippen LogP contribution in [0.15, 0.2) is 42.5 Å². The van der Waals surface area contributed by atoms with Gasteiger partial charge in [0.2, 0.25) is 5.91 Å². The fraction of sp³-hybridized carbons (Fsp3) is 0.143. The summed E-state index contributed by atoms with van der Waals surface area (Å²) in [5.74, 6) is 2.71. The highest BCUT2D eigenvalue weighted by atomic mass is 35.5. The minimum absolute atomic E-state index is 0.0639. The van der Waals surface area contributed by atoms with Crippen molar-refractivity contribution in [1.29, 1.82) is 0 Å². The first-order valence-corrected chi connectivity index (χ1v) is 8.36. The van der Waals surface area contributed by atoms with Gasteiger partial charge in [0.1, 0.15) is 6.61 Å². The van der Waals surface area contributed by atoms with Gasteiger partial charge >= 0.3 is 0 Å². The number of hydrogen-bond acceptors (Lipinski definition) is 4. The van der Waals surface area contributed by atoms with E-state index in [4.69, 9.17) is 27.5 Å². The molecule has 0 aromatic heterocycles. The number of benzene rings is 2. The first kappa shape index (κ1) is 20.1. The number of hydrogen-bond donors (Lipinski definition) is 1. The van der Waals surface area contributed by atoms with E-state index in [1.54, 1.807) is 42.5 Å². The Bertz CT molecular complexity index is 928. The molecule has 2 rings (SSSR count). The van der Waals surface area contributed by atoms with Crippen molar-refractivity contribution in [3.05, 3.63) is 58.6 Å². The maximum absolute atomic E-state index is 12.4. The van der Waals surface area contributed by atoms with E-state index in [9.17, 15) is 9.59 Å². The molecule has 2 aromatic rings. The normalized spacial score (nSPS) is 10.3. The van der Waals surface area contributed by atoms with E-state index in [1.807, 2.05) is 0 Å². The summed E-state index contributed by atoms with van der Waals surface area (Å²) in [5.41, 5.74) is 1.67. The molecule has 27 heavy (non-hydrogen) atoms. The van der Waals surface area contributed by atoms with E-state index in [0.717, 1.165) is 0 Å². The summed E-state index contributed by atoms with van der Waals surface area (Å²) in [5, 5.41) is 2.97. The predicted molar refractivity (Wildman–Crippen MR) is 106 cm³/mol. The molecule has 0 aliphatic carbocycles. The van der Waals surface area contributed by atoms with Gasteiger partial charge in [0.05, 0.1) is 12.1 Å². The molecule has 0 aliphatic heterocycles. The number of rotatable bonds is 7. The Morgan fingerprint density at radius 1 is 1.30 bits per heavy atom. The van der Waals surface area contributed by atoms with Crippen LogP contribution in [0.4, 0.5) is 5.69 Å². The van der Waals surface area contributed by atoms with Crippen molar-refractivity contribution in [2.45, 2.75) is 6.92 Å². The first-order valence-electron chi connectivity index (χ1n) is 7.98. The molecule has 0 radical (unpaired) electrons. The number of ether oxygens (including phenoxy) is 2. The van der Waals surface area contributed by atoms with Crippen LogP contribution in [-0.2, 0) is 4.79 Å². The molecule has 0 bridgehead atoms. The van der Waals surface area contributed by atoms with Crippen LogP contribution >= 0.6 is 11.6 Å². The fourth-order valence-electron chi connectivity index (χ4n) is 2.31. The number of allylic oxidation sites excluding steroid dienone is 1. The quantitative estimate of drug-likeness (QED) is 0.442. The van der Waals surface area contributed by atoms with E-state index in [2.05, 4.69) is 11.2 Å². The molecule has 0 aliphatic rings. The summed E-state index contributed by atoms with van der Waals surface area (Å²) in [7, 11) is 1.49. The molecule has 6 heteroatoms. The Labute approximate surface area is 162 Å². The second-order valence-corrected chi connectivity index (χ2v) is 5.89. The minimum atomic E-state index is -0.218. The summed E-state index contributed by atoms with van der Waals surface area (Å²) in [4.78, 5) is 23.5. The largest absolute Gasteiger partial charge is 0.493 e. The molecule has 1 N–H and O–H groups in total. The number of halogens is 1. The third kappa shape index (κ3) is 5.63. The predicted octanol–water partition coefficient (Wildman–Crippen LogP) is 4.22. The Morgan fingerprint density at radius 2 is 2.07 bits per heavy atom. The van der Waals surface area contributed by atoms with Gasteiger partial charge in [0.25, 0.3) is 0 Å². The molecule has 0 unspecified atom stereocenters. The standard InChI is InChI=1S/C21H18ClNO4/c1-4-10-27-21-18(22)11-15(12-20(21)26-3)8-9-19(25)16-6-5-7-17(13-16)23-14(2)24/h1,5-9,11-13H,10H2,2-3H3,(H,23,24)/b9-8+. The lowest BCUT2D eigenvalue weighted by atomic mass is 10.1. The molecule has 1 amide bonds. The highest BCUT2D eigenvalue weighted by molar-refractivity contribution is 6.32. The molecule has 5 nitrogen and oxygen atoms in total. The molecular weight excluding hydrogens is 366 g/mol. The SMILES string of the molecule is C#CCOc1c(Cl)cc(/C=C/C(=O)c2cccc(NC(C)=O)c2)cc1OC. The summed E-state index contributed by atoms with van der Waals surface area (Å²) in [6.07, 6.45) is 8.23. The zero-order valence-electron chi connectivity index (χ0n) is 14.9. The highest BCUT2D eigenvalue weighted by Crippen LogP contribution is 2.36. The van der Waals surface area contributed by atoms with Crippen molar-refractivity contribution >= 4 is 35.1 Å². The maximum Gasteiger partial charge on any atom is 0.221 e. The summed E-state index contributed by atoms with van der Waals surface area (Å²) in [6, 6.07) is 10.0. The van der Waals surface area contributed by atoms with E-state index < -0.39 is 0 Å². The average Bonchev–Trinajstić information content (AvgIpc) is 2.64. The van der Waals surface area contributed by atoms with E-state index in [-0.39, 0.29) is 18.3 Å². The Morgan fingerprint density at radius 3 is 2.74 bits per heavy atom. The van der Waals surface area contributed by atoms with Gasteiger partial charge in [-0.1, -0.05) is 35.7 Å². The Kier molecular flexibility index (Phi) is 7.04. The van der Waals surface area contributed by atoms with Gasteiger partial charge in [-0.2, -0.15) is 0 Å². The van der Waals surface area contributed by atoms with Crippen LogP contribution in [0.3, 0.4) is 0 Å². The van der Waals surface area contributed by atoms with Crippen molar-refractivity contribution in [2.24, 2.45) is 0 Å². The second kappa shape index (κ2) is 9.46. The van der Waals surface area contributed by atoms with Crippen molar-refractivity contribution in [1.82, 2.24) is 0 Å². The number of carbonyl (C=O) groups excluding carboxylic acids is 2. The zero-order chi connectivity index (χ0) is 19.8. The van der Waals surface area contributed by atoms with Gasteiger partial charge in [-0.15, -0.1) is 6.42 Å². The zero-order valence-corrected chi connectivity index (χ0v) is 15.7. The van der Waals surface area contributed by atoms with Crippen LogP contribution in [-0.4, -0.2) is 25.4 Å². The second-order valence-electron chi connectivity index (χ2n) is 5.49. The van der Waals surface area contributed by atoms with Gasteiger partial charge < -0.3 is 14.8 Å². The molecule has 0 heterocycles. The topological polar surface area (TPSA) is 64.6 Å². The minimum Gasteiger partial charge on any atom is -0.493 e. The van der Waals surface area contributed by atoms with Gasteiger partial charge in [-0.25, -0.2) is 0 Å². The monoisotopic (exact) mass is 383 g/mol. The molecule has 0 saturated heterocycles. The van der Waals surface area contributed by atoms with Gasteiger partial charge in [0.15, 0.2) is 17.3 Å². The third-order valence-corrected chi connectivity index (χ3v) is 3.73. The Balaban J connectivity index is 2.22. The fourth-order valence-corrected chi connectivity index (χ4v) is 2.59. The number of ketones is 1. The van der Waals surface area contributed by atoms with E-state index >= 15 is 0 Å². The van der Waals surface area contributed by atoms with Crippen LogP contribution in [0.5, 0.6) is 11.5 Å². The number of terminal acetylenes is 1. The van der Waals surface area contributed by atoms with Gasteiger partial charge in [0, 0.05) is 18.2 Å². The summed E-state index contributed by atoms with van der Waals surface area (Å²) in [6.45, 7) is 1.47.